The number of fused-ring (bicyclic) bond motifs is 3. The molecule has 0 saturated carbocycles. The van der Waals surface area contributed by atoms with Crippen LogP contribution >= 0.6 is 23.4 Å². The third kappa shape index (κ3) is 3.48. The van der Waals surface area contributed by atoms with Gasteiger partial charge in [0.1, 0.15) is 0 Å². The van der Waals surface area contributed by atoms with E-state index in [0.717, 1.165) is 28.3 Å². The van der Waals surface area contributed by atoms with Gasteiger partial charge in [-0.3, -0.25) is 0 Å². The number of nitrogens with one attached hydrogen (secondary N) is 1. The number of ether oxygens (including phenoxy) is 1. The number of hydrogen-bond donors (Lipinski definition) is 1. The van der Waals surface area contributed by atoms with Crippen molar-refractivity contribution in [3.05, 3.63) is 59.1 Å². The van der Waals surface area contributed by atoms with E-state index in [2.05, 4.69) is 27.4 Å². The number of hydrogen-bond acceptors (Lipinski definition) is 6. The second-order valence-electron chi connectivity index (χ2n) is 5.83. The molecule has 0 bridgehead atoms. The lowest BCUT2D eigenvalue weighted by Gasteiger charge is -2.16. The Balaban J connectivity index is 1.64. The topological polar surface area (TPSA) is 59.9 Å². The molecule has 0 fully saturated rings. The van der Waals surface area contributed by atoms with E-state index in [1.165, 1.54) is 11.8 Å². The van der Waals surface area contributed by atoms with Crippen molar-refractivity contribution in [3.63, 3.8) is 0 Å². The van der Waals surface area contributed by atoms with Crippen molar-refractivity contribution in [2.24, 2.45) is 0 Å². The minimum atomic E-state index is -0.157. The first kappa shape index (κ1) is 17.1. The van der Waals surface area contributed by atoms with Crippen LogP contribution in [0.25, 0.3) is 11.3 Å². The number of rotatable bonds is 4. The summed E-state index contributed by atoms with van der Waals surface area (Å²) in [7, 11) is 0. The summed E-state index contributed by atoms with van der Waals surface area (Å²) in [5.74, 6) is 1.18. The largest absolute Gasteiger partial charge is 0.452 e. The maximum Gasteiger partial charge on any atom is 0.247 e. The van der Waals surface area contributed by atoms with Crippen molar-refractivity contribution in [3.8, 4) is 17.1 Å². The third-order valence-electron chi connectivity index (χ3n) is 4.07. The molecule has 2 heterocycles. The molecule has 7 heteroatoms. The van der Waals surface area contributed by atoms with Gasteiger partial charge in [-0.1, -0.05) is 66.7 Å². The fourth-order valence-electron chi connectivity index (χ4n) is 2.71. The van der Waals surface area contributed by atoms with Gasteiger partial charge in [-0.25, -0.2) is 0 Å². The molecule has 0 amide bonds. The lowest BCUT2D eigenvalue weighted by molar-refractivity contribution is 0.216. The predicted molar refractivity (Wildman–Crippen MR) is 105 cm³/mol. The van der Waals surface area contributed by atoms with Crippen LogP contribution < -0.4 is 10.1 Å². The molecule has 2 aromatic carbocycles. The lowest BCUT2D eigenvalue weighted by atomic mass is 10.1. The summed E-state index contributed by atoms with van der Waals surface area (Å²) in [4.78, 5) is 4.60. The number of benzene rings is 2. The van der Waals surface area contributed by atoms with Crippen molar-refractivity contribution in [2.75, 3.05) is 5.32 Å². The summed E-state index contributed by atoms with van der Waals surface area (Å²) in [5, 5.41) is 13.4. The highest BCUT2D eigenvalue weighted by Gasteiger charge is 2.23. The van der Waals surface area contributed by atoms with E-state index < -0.39 is 0 Å². The van der Waals surface area contributed by atoms with E-state index in [1.54, 1.807) is 0 Å². The van der Waals surface area contributed by atoms with Crippen molar-refractivity contribution >= 4 is 29.1 Å². The fourth-order valence-corrected chi connectivity index (χ4v) is 3.77. The van der Waals surface area contributed by atoms with Gasteiger partial charge in [-0.2, -0.15) is 4.98 Å². The van der Waals surface area contributed by atoms with Crippen molar-refractivity contribution in [2.45, 2.75) is 30.5 Å². The number of aromatic nitrogens is 3. The van der Waals surface area contributed by atoms with Crippen LogP contribution in [0, 0.1) is 0 Å². The molecule has 0 unspecified atom stereocenters. The molecule has 1 N–H and O–H groups in total. The van der Waals surface area contributed by atoms with E-state index >= 15 is 0 Å². The standard InChI is InChI=1S/C19H17ClN4OS/c1-2-16-21-15-10-6-4-8-13(15)17-18(25-16)22-19(24-23-17)26-11-12-7-3-5-9-14(12)20/h3-10,16,21H,2,11H2,1H3/t16-/m1/s1. The Morgan fingerprint density at radius 3 is 2.77 bits per heavy atom. The first-order valence-corrected chi connectivity index (χ1v) is 9.74. The van der Waals surface area contributed by atoms with E-state index in [9.17, 15) is 0 Å². The Kier molecular flexibility index (Phi) is 4.95. The Morgan fingerprint density at radius 2 is 1.92 bits per heavy atom. The fraction of sp³-hybridized carbons (Fsp3) is 0.211. The third-order valence-corrected chi connectivity index (χ3v) is 5.33. The molecule has 1 aliphatic rings. The lowest BCUT2D eigenvalue weighted by Crippen LogP contribution is -2.24. The van der Waals surface area contributed by atoms with E-state index in [4.69, 9.17) is 16.3 Å². The minimum Gasteiger partial charge on any atom is -0.452 e. The number of halogens is 1. The minimum absolute atomic E-state index is 0.157. The van der Waals surface area contributed by atoms with Gasteiger partial charge in [0.2, 0.25) is 11.0 Å². The Labute approximate surface area is 161 Å². The zero-order valence-electron chi connectivity index (χ0n) is 14.1. The average molecular weight is 385 g/mol. The molecule has 4 rings (SSSR count). The van der Waals surface area contributed by atoms with E-state index in [1.807, 2.05) is 48.5 Å². The van der Waals surface area contributed by atoms with Crippen LogP contribution in [-0.4, -0.2) is 21.4 Å². The second kappa shape index (κ2) is 7.51. The van der Waals surface area contributed by atoms with Gasteiger partial charge in [-0.15, -0.1) is 10.2 Å². The number of nitrogens with zero attached hydrogens (tertiary/aromatic N) is 3. The van der Waals surface area contributed by atoms with Crippen molar-refractivity contribution < 1.29 is 4.74 Å². The Hall–Kier alpha value is -2.31. The van der Waals surface area contributed by atoms with Gasteiger partial charge in [0, 0.05) is 28.4 Å². The SMILES string of the molecule is CC[C@@H]1Nc2ccccc2-c2nnc(SCc3ccccc3Cl)nc2O1. The highest BCUT2D eigenvalue weighted by Crippen LogP contribution is 2.37. The summed E-state index contributed by atoms with van der Waals surface area (Å²) in [6.45, 7) is 2.06. The average Bonchev–Trinajstić information content (AvgIpc) is 2.83. The summed E-state index contributed by atoms with van der Waals surface area (Å²) in [6.07, 6.45) is 0.649. The van der Waals surface area contributed by atoms with Gasteiger partial charge in [0.25, 0.3) is 0 Å². The highest BCUT2D eigenvalue weighted by atomic mass is 35.5. The van der Waals surface area contributed by atoms with Crippen molar-refractivity contribution in [1.29, 1.82) is 0 Å². The maximum atomic E-state index is 6.22. The summed E-state index contributed by atoms with van der Waals surface area (Å²) in [6, 6.07) is 15.7. The predicted octanol–water partition coefficient (Wildman–Crippen LogP) is 5.02. The molecule has 26 heavy (non-hydrogen) atoms. The van der Waals surface area contributed by atoms with Gasteiger partial charge in [0.15, 0.2) is 11.9 Å². The smallest absolute Gasteiger partial charge is 0.247 e. The van der Waals surface area contributed by atoms with Crippen LogP contribution in [0.15, 0.2) is 53.7 Å². The zero-order chi connectivity index (χ0) is 17.9. The summed E-state index contributed by atoms with van der Waals surface area (Å²) < 4.78 is 6.04. The number of anilines is 1. The van der Waals surface area contributed by atoms with Gasteiger partial charge >= 0.3 is 0 Å². The molecule has 1 aliphatic heterocycles. The molecule has 0 saturated heterocycles. The molecular formula is C19H17ClN4OS. The monoisotopic (exact) mass is 384 g/mol. The van der Waals surface area contributed by atoms with Crippen LogP contribution in [0.5, 0.6) is 5.88 Å². The van der Waals surface area contributed by atoms with Gasteiger partial charge < -0.3 is 10.1 Å². The molecule has 5 nitrogen and oxygen atoms in total. The molecule has 1 aromatic heterocycles. The van der Waals surface area contributed by atoms with Crippen LogP contribution in [0.4, 0.5) is 5.69 Å². The molecule has 132 valence electrons. The normalized spacial score (nSPS) is 15.2. The molecular weight excluding hydrogens is 368 g/mol. The Bertz CT molecular complexity index is 937. The number of thioether (sulfide) groups is 1. The van der Waals surface area contributed by atoms with Gasteiger partial charge in [-0.05, 0) is 17.7 Å². The quantitative estimate of drug-likeness (QED) is 0.637. The molecule has 0 aliphatic carbocycles. The van der Waals surface area contributed by atoms with E-state index in [0.29, 0.717) is 22.5 Å². The van der Waals surface area contributed by atoms with Crippen LogP contribution in [-0.2, 0) is 5.75 Å². The van der Waals surface area contributed by atoms with Crippen LogP contribution in [0.3, 0.4) is 0 Å². The summed E-state index contributed by atoms with van der Waals surface area (Å²) >= 11 is 7.71. The molecule has 0 spiro atoms. The first-order chi connectivity index (χ1) is 12.7. The van der Waals surface area contributed by atoms with Crippen LogP contribution in [0.2, 0.25) is 5.02 Å². The van der Waals surface area contributed by atoms with Crippen LogP contribution in [0.1, 0.15) is 18.9 Å². The van der Waals surface area contributed by atoms with Gasteiger partial charge in [0.05, 0.1) is 0 Å². The molecule has 1 atom stereocenters. The van der Waals surface area contributed by atoms with Crippen molar-refractivity contribution in [1.82, 2.24) is 15.2 Å². The molecule has 0 radical (unpaired) electrons. The zero-order valence-corrected chi connectivity index (χ0v) is 15.7. The molecule has 3 aromatic rings. The number of para-hydroxylation sites is 1. The summed E-state index contributed by atoms with van der Waals surface area (Å²) in [5.41, 5.74) is 3.62. The Morgan fingerprint density at radius 1 is 1.12 bits per heavy atom. The highest BCUT2D eigenvalue weighted by molar-refractivity contribution is 7.98. The second-order valence-corrected chi connectivity index (χ2v) is 7.18. The maximum absolute atomic E-state index is 6.22. The van der Waals surface area contributed by atoms with E-state index in [-0.39, 0.29) is 6.23 Å². The first-order valence-electron chi connectivity index (χ1n) is 8.38.